The van der Waals surface area contributed by atoms with E-state index in [1.165, 1.54) is 0 Å². The number of fused-ring (bicyclic) bond motifs is 2. The van der Waals surface area contributed by atoms with Crippen molar-refractivity contribution in [1.29, 1.82) is 0 Å². The van der Waals surface area contributed by atoms with Gasteiger partial charge in [0, 0.05) is 7.05 Å². The second-order valence-corrected chi connectivity index (χ2v) is 6.43. The molecule has 2 aromatic rings. The Labute approximate surface area is 152 Å². The summed E-state index contributed by atoms with van der Waals surface area (Å²) in [4.78, 5) is 14.2. The molecule has 26 heavy (non-hydrogen) atoms. The third kappa shape index (κ3) is 3.54. The highest BCUT2D eigenvalue weighted by Gasteiger charge is 2.24. The van der Waals surface area contributed by atoms with Crippen molar-refractivity contribution in [2.24, 2.45) is 0 Å². The van der Waals surface area contributed by atoms with Crippen LogP contribution in [0, 0.1) is 0 Å². The Morgan fingerprint density at radius 3 is 2.58 bits per heavy atom. The Morgan fingerprint density at radius 2 is 1.73 bits per heavy atom. The second kappa shape index (κ2) is 7.15. The van der Waals surface area contributed by atoms with Crippen LogP contribution in [0.1, 0.15) is 5.56 Å². The number of ether oxygens (including phenoxy) is 4. The van der Waals surface area contributed by atoms with E-state index < -0.39 is 0 Å². The van der Waals surface area contributed by atoms with Crippen LogP contribution in [0.4, 0.5) is 0 Å². The van der Waals surface area contributed by atoms with Gasteiger partial charge in [-0.25, -0.2) is 0 Å². The molecule has 0 saturated heterocycles. The maximum atomic E-state index is 12.6. The standard InChI is InChI=1S/C20H21NO5/c1-21(12-15-13-25-16-4-2-3-5-18(16)26-15)20(22)11-14-6-7-17-19(10-14)24-9-8-23-17/h2-7,10,15H,8-9,11-13H2,1H3/t15-/m0/s1. The lowest BCUT2D eigenvalue weighted by molar-refractivity contribution is -0.130. The highest BCUT2D eigenvalue weighted by Crippen LogP contribution is 2.32. The number of hydrogen-bond donors (Lipinski definition) is 0. The van der Waals surface area contributed by atoms with Crippen LogP contribution >= 0.6 is 0 Å². The van der Waals surface area contributed by atoms with Crippen molar-refractivity contribution < 1.29 is 23.7 Å². The molecule has 2 aliphatic heterocycles. The van der Waals surface area contributed by atoms with Gasteiger partial charge in [0.15, 0.2) is 29.1 Å². The molecule has 0 aliphatic carbocycles. The SMILES string of the molecule is CN(C[C@H]1COc2ccccc2O1)C(=O)Cc1ccc2c(c1)OCCO2. The van der Waals surface area contributed by atoms with Crippen LogP contribution in [-0.4, -0.2) is 50.3 Å². The molecule has 4 rings (SSSR count). The van der Waals surface area contributed by atoms with Gasteiger partial charge >= 0.3 is 0 Å². The normalized spacial score (nSPS) is 17.5. The molecule has 1 atom stereocenters. The number of amides is 1. The van der Waals surface area contributed by atoms with Crippen molar-refractivity contribution in [3.8, 4) is 23.0 Å². The van der Waals surface area contributed by atoms with Gasteiger partial charge in [0.2, 0.25) is 5.91 Å². The molecule has 0 fully saturated rings. The van der Waals surface area contributed by atoms with Gasteiger partial charge in [-0.2, -0.15) is 0 Å². The average molecular weight is 355 g/mol. The lowest BCUT2D eigenvalue weighted by atomic mass is 10.1. The van der Waals surface area contributed by atoms with Crippen LogP contribution in [-0.2, 0) is 11.2 Å². The minimum atomic E-state index is -0.181. The van der Waals surface area contributed by atoms with Crippen molar-refractivity contribution in [2.75, 3.05) is 33.4 Å². The first-order valence-corrected chi connectivity index (χ1v) is 8.70. The van der Waals surface area contributed by atoms with Crippen LogP contribution < -0.4 is 18.9 Å². The highest BCUT2D eigenvalue weighted by atomic mass is 16.6. The number of benzene rings is 2. The van der Waals surface area contributed by atoms with Gasteiger partial charge in [0.25, 0.3) is 0 Å². The summed E-state index contributed by atoms with van der Waals surface area (Å²) in [5.41, 5.74) is 0.900. The molecule has 0 bridgehead atoms. The van der Waals surface area contributed by atoms with Crippen LogP contribution in [0.15, 0.2) is 42.5 Å². The largest absolute Gasteiger partial charge is 0.486 e. The first-order valence-electron chi connectivity index (χ1n) is 8.70. The number of rotatable bonds is 4. The van der Waals surface area contributed by atoms with E-state index >= 15 is 0 Å². The van der Waals surface area contributed by atoms with Gasteiger partial charge in [-0.3, -0.25) is 4.79 Å². The monoisotopic (exact) mass is 355 g/mol. The number of hydrogen-bond acceptors (Lipinski definition) is 5. The minimum Gasteiger partial charge on any atom is -0.486 e. The summed E-state index contributed by atoms with van der Waals surface area (Å²) >= 11 is 0. The molecule has 0 N–H and O–H groups in total. The van der Waals surface area contributed by atoms with Crippen LogP contribution in [0.25, 0.3) is 0 Å². The molecule has 2 aromatic carbocycles. The second-order valence-electron chi connectivity index (χ2n) is 6.43. The Hall–Kier alpha value is -2.89. The molecule has 0 spiro atoms. The van der Waals surface area contributed by atoms with Gasteiger partial charge in [-0.05, 0) is 29.8 Å². The number of likely N-dealkylation sites (N-methyl/N-ethyl adjacent to an activating group) is 1. The van der Waals surface area contributed by atoms with E-state index in [1.54, 1.807) is 11.9 Å². The van der Waals surface area contributed by atoms with E-state index in [-0.39, 0.29) is 12.0 Å². The third-order valence-electron chi connectivity index (χ3n) is 4.43. The molecule has 136 valence electrons. The molecule has 0 unspecified atom stereocenters. The Morgan fingerprint density at radius 1 is 1.00 bits per heavy atom. The van der Waals surface area contributed by atoms with Gasteiger partial charge in [0.05, 0.1) is 13.0 Å². The number of para-hydroxylation sites is 2. The number of carbonyl (C=O) groups excluding carboxylic acids is 1. The van der Waals surface area contributed by atoms with E-state index in [2.05, 4.69) is 0 Å². The first-order chi connectivity index (χ1) is 12.7. The van der Waals surface area contributed by atoms with Gasteiger partial charge in [-0.15, -0.1) is 0 Å². The quantitative estimate of drug-likeness (QED) is 0.842. The average Bonchev–Trinajstić information content (AvgIpc) is 2.67. The summed E-state index contributed by atoms with van der Waals surface area (Å²) in [5, 5.41) is 0. The predicted molar refractivity (Wildman–Crippen MR) is 95.1 cm³/mol. The van der Waals surface area contributed by atoms with Crippen LogP contribution in [0.2, 0.25) is 0 Å². The molecule has 0 aromatic heterocycles. The first kappa shape index (κ1) is 16.6. The molecule has 6 nitrogen and oxygen atoms in total. The maximum Gasteiger partial charge on any atom is 0.226 e. The fraction of sp³-hybridized carbons (Fsp3) is 0.350. The van der Waals surface area contributed by atoms with Gasteiger partial charge in [-0.1, -0.05) is 18.2 Å². The summed E-state index contributed by atoms with van der Waals surface area (Å²) in [6, 6.07) is 13.2. The topological polar surface area (TPSA) is 57.2 Å². The van der Waals surface area contributed by atoms with Crippen molar-refractivity contribution in [3.63, 3.8) is 0 Å². The van der Waals surface area contributed by atoms with Crippen molar-refractivity contribution in [1.82, 2.24) is 4.90 Å². The smallest absolute Gasteiger partial charge is 0.226 e. The molecule has 0 radical (unpaired) electrons. The lowest BCUT2D eigenvalue weighted by Gasteiger charge is -2.29. The summed E-state index contributed by atoms with van der Waals surface area (Å²) in [7, 11) is 1.78. The van der Waals surface area contributed by atoms with Crippen molar-refractivity contribution >= 4 is 5.91 Å². The van der Waals surface area contributed by atoms with Crippen molar-refractivity contribution in [3.05, 3.63) is 48.0 Å². The zero-order valence-corrected chi connectivity index (χ0v) is 14.6. The Kier molecular flexibility index (Phi) is 4.56. The number of carbonyl (C=O) groups is 1. The van der Waals surface area contributed by atoms with E-state index in [1.807, 2.05) is 42.5 Å². The summed E-state index contributed by atoms with van der Waals surface area (Å²) in [5.74, 6) is 2.91. The fourth-order valence-corrected chi connectivity index (χ4v) is 3.07. The Balaban J connectivity index is 1.35. The minimum absolute atomic E-state index is 0.0177. The zero-order chi connectivity index (χ0) is 17.9. The molecular weight excluding hydrogens is 334 g/mol. The molecule has 6 heteroatoms. The summed E-state index contributed by atoms with van der Waals surface area (Å²) < 4.78 is 22.7. The Bertz CT molecular complexity index is 807. The summed E-state index contributed by atoms with van der Waals surface area (Å²) in [6.07, 6.45) is 0.122. The van der Waals surface area contributed by atoms with Crippen molar-refractivity contribution in [2.45, 2.75) is 12.5 Å². The van der Waals surface area contributed by atoms with Gasteiger partial charge < -0.3 is 23.8 Å². The molecule has 2 aliphatic rings. The highest BCUT2D eigenvalue weighted by molar-refractivity contribution is 5.78. The molecule has 2 heterocycles. The van der Waals surface area contributed by atoms with E-state index in [4.69, 9.17) is 18.9 Å². The molecule has 1 amide bonds. The van der Waals surface area contributed by atoms with Gasteiger partial charge in [0.1, 0.15) is 19.8 Å². The lowest BCUT2D eigenvalue weighted by Crippen LogP contribution is -2.42. The molecule has 0 saturated carbocycles. The van der Waals surface area contributed by atoms with Crippen LogP contribution in [0.5, 0.6) is 23.0 Å². The fourth-order valence-electron chi connectivity index (χ4n) is 3.07. The van der Waals surface area contributed by atoms with Crippen LogP contribution in [0.3, 0.4) is 0 Å². The van der Waals surface area contributed by atoms with E-state index in [9.17, 15) is 4.79 Å². The number of nitrogens with zero attached hydrogens (tertiary/aromatic N) is 1. The zero-order valence-electron chi connectivity index (χ0n) is 14.6. The van der Waals surface area contributed by atoms with E-state index in [0.29, 0.717) is 38.5 Å². The predicted octanol–water partition coefficient (Wildman–Crippen LogP) is 2.30. The summed E-state index contributed by atoms with van der Waals surface area (Å²) in [6.45, 7) is 1.99. The molecular formula is C20H21NO5. The van der Waals surface area contributed by atoms with E-state index in [0.717, 1.165) is 22.8 Å². The third-order valence-corrected chi connectivity index (χ3v) is 4.43. The maximum absolute atomic E-state index is 12.6.